The molecular weight excluding hydrogens is 234 g/mol. The van der Waals surface area contributed by atoms with Crippen molar-refractivity contribution in [3.63, 3.8) is 0 Å². The van der Waals surface area contributed by atoms with Crippen LogP contribution in [0.5, 0.6) is 0 Å². The molecule has 0 radical (unpaired) electrons. The number of carbonyl (C=O) groups excluding carboxylic acids is 1. The molecule has 0 fully saturated rings. The third-order valence-corrected chi connectivity index (χ3v) is 2.96. The topological polar surface area (TPSA) is 87.4 Å². The highest BCUT2D eigenvalue weighted by Crippen LogP contribution is 2.21. The number of aliphatic hydroxyl groups excluding tert-OH is 2. The second kappa shape index (κ2) is 5.32. The molecule has 6 heteroatoms. The first-order chi connectivity index (χ1) is 8.63. The van der Waals surface area contributed by atoms with Gasteiger partial charge in [0.1, 0.15) is 0 Å². The molecule has 0 aromatic carbocycles. The number of rotatable bonds is 4. The molecule has 3 N–H and O–H groups in total. The summed E-state index contributed by atoms with van der Waals surface area (Å²) in [5.74, 6) is -0.328. The normalized spacial score (nSPS) is 15.3. The molecule has 0 bridgehead atoms. The van der Waals surface area contributed by atoms with Gasteiger partial charge in [0.25, 0.3) is 5.91 Å². The highest BCUT2D eigenvalue weighted by atomic mass is 16.3. The average Bonchev–Trinajstić information content (AvgIpc) is 2.74. The maximum absolute atomic E-state index is 11.9. The van der Waals surface area contributed by atoms with E-state index in [0.29, 0.717) is 5.69 Å². The number of allylic oxidation sites excluding steroid dienone is 1. The maximum atomic E-state index is 11.9. The SMILES string of the molecule is Cn1nc(C(=O)NC[C@H](O)CO)c2c1CCC=C2. The molecule has 0 aliphatic heterocycles. The molecule has 18 heavy (non-hydrogen) atoms. The summed E-state index contributed by atoms with van der Waals surface area (Å²) in [4.78, 5) is 11.9. The van der Waals surface area contributed by atoms with Crippen molar-refractivity contribution in [1.29, 1.82) is 0 Å². The zero-order valence-corrected chi connectivity index (χ0v) is 10.3. The number of nitrogens with zero attached hydrogens (tertiary/aromatic N) is 2. The van der Waals surface area contributed by atoms with Crippen LogP contribution in [-0.4, -0.2) is 45.2 Å². The van der Waals surface area contributed by atoms with Crippen LogP contribution in [0.15, 0.2) is 6.08 Å². The van der Waals surface area contributed by atoms with E-state index >= 15 is 0 Å². The lowest BCUT2D eigenvalue weighted by molar-refractivity contribution is 0.0798. The molecule has 1 aliphatic rings. The molecule has 1 amide bonds. The minimum Gasteiger partial charge on any atom is -0.394 e. The van der Waals surface area contributed by atoms with E-state index in [1.165, 1.54) is 0 Å². The van der Waals surface area contributed by atoms with Gasteiger partial charge < -0.3 is 15.5 Å². The van der Waals surface area contributed by atoms with Gasteiger partial charge in [0.05, 0.1) is 12.7 Å². The molecule has 2 rings (SSSR count). The van der Waals surface area contributed by atoms with E-state index in [2.05, 4.69) is 10.4 Å². The highest BCUT2D eigenvalue weighted by Gasteiger charge is 2.21. The smallest absolute Gasteiger partial charge is 0.272 e. The van der Waals surface area contributed by atoms with Crippen LogP contribution >= 0.6 is 0 Å². The van der Waals surface area contributed by atoms with Crippen molar-refractivity contribution in [3.8, 4) is 0 Å². The number of nitrogens with one attached hydrogen (secondary N) is 1. The third kappa shape index (κ3) is 2.44. The summed E-state index contributed by atoms with van der Waals surface area (Å²) in [5, 5.41) is 24.6. The van der Waals surface area contributed by atoms with E-state index in [0.717, 1.165) is 24.1 Å². The molecule has 6 nitrogen and oxygen atoms in total. The molecule has 1 heterocycles. The van der Waals surface area contributed by atoms with Crippen molar-refractivity contribution < 1.29 is 15.0 Å². The Morgan fingerprint density at radius 3 is 3.17 bits per heavy atom. The van der Waals surface area contributed by atoms with Crippen molar-refractivity contribution in [2.24, 2.45) is 7.05 Å². The number of aryl methyl sites for hydroxylation is 1. The summed E-state index contributed by atoms with van der Waals surface area (Å²) in [5.41, 5.74) is 2.26. The second-order valence-corrected chi connectivity index (χ2v) is 4.32. The van der Waals surface area contributed by atoms with Crippen molar-refractivity contribution in [2.75, 3.05) is 13.2 Å². The lowest BCUT2D eigenvalue weighted by Gasteiger charge is -2.09. The van der Waals surface area contributed by atoms with Gasteiger partial charge in [-0.1, -0.05) is 12.2 Å². The fourth-order valence-electron chi connectivity index (χ4n) is 1.99. The van der Waals surface area contributed by atoms with E-state index < -0.39 is 6.10 Å². The monoisotopic (exact) mass is 251 g/mol. The van der Waals surface area contributed by atoms with Gasteiger partial charge in [0, 0.05) is 24.8 Å². The molecule has 1 aromatic heterocycles. The predicted octanol–water partition coefficient (Wildman–Crippen LogP) is -0.538. The van der Waals surface area contributed by atoms with Gasteiger partial charge in [-0.3, -0.25) is 9.48 Å². The zero-order chi connectivity index (χ0) is 13.1. The maximum Gasteiger partial charge on any atom is 0.272 e. The Balaban J connectivity index is 2.14. The summed E-state index contributed by atoms with van der Waals surface area (Å²) < 4.78 is 1.72. The minimum atomic E-state index is -0.941. The van der Waals surface area contributed by atoms with Gasteiger partial charge in [-0.05, 0) is 12.8 Å². The molecule has 0 spiro atoms. The van der Waals surface area contributed by atoms with Crippen molar-refractivity contribution >= 4 is 12.0 Å². The van der Waals surface area contributed by atoms with Crippen LogP contribution in [0.4, 0.5) is 0 Å². The highest BCUT2D eigenvalue weighted by molar-refractivity contribution is 5.96. The first kappa shape index (κ1) is 12.8. The number of hydrogen-bond acceptors (Lipinski definition) is 4. The van der Waals surface area contributed by atoms with E-state index in [4.69, 9.17) is 5.11 Å². The Morgan fingerprint density at radius 2 is 2.44 bits per heavy atom. The van der Waals surface area contributed by atoms with Gasteiger partial charge in [-0.15, -0.1) is 0 Å². The average molecular weight is 251 g/mol. The van der Waals surface area contributed by atoms with E-state index in [9.17, 15) is 9.90 Å². The van der Waals surface area contributed by atoms with Crippen LogP contribution in [0.1, 0.15) is 28.2 Å². The zero-order valence-electron chi connectivity index (χ0n) is 10.3. The Hall–Kier alpha value is -1.66. The molecule has 0 saturated carbocycles. The van der Waals surface area contributed by atoms with Gasteiger partial charge in [-0.2, -0.15) is 5.10 Å². The van der Waals surface area contributed by atoms with E-state index in [1.54, 1.807) is 4.68 Å². The van der Waals surface area contributed by atoms with Gasteiger partial charge in [-0.25, -0.2) is 0 Å². The lowest BCUT2D eigenvalue weighted by Crippen LogP contribution is -2.34. The van der Waals surface area contributed by atoms with Crippen LogP contribution in [0, 0.1) is 0 Å². The van der Waals surface area contributed by atoms with Crippen LogP contribution < -0.4 is 5.32 Å². The van der Waals surface area contributed by atoms with Crippen molar-refractivity contribution in [1.82, 2.24) is 15.1 Å². The Kier molecular flexibility index (Phi) is 3.78. The first-order valence-electron chi connectivity index (χ1n) is 5.93. The quantitative estimate of drug-likeness (QED) is 0.671. The predicted molar refractivity (Wildman–Crippen MR) is 66.0 cm³/mol. The number of aromatic nitrogens is 2. The third-order valence-electron chi connectivity index (χ3n) is 2.96. The number of aliphatic hydroxyl groups is 2. The van der Waals surface area contributed by atoms with Gasteiger partial charge in [0.15, 0.2) is 5.69 Å². The van der Waals surface area contributed by atoms with Crippen molar-refractivity contribution in [2.45, 2.75) is 18.9 Å². The van der Waals surface area contributed by atoms with Crippen LogP contribution in [0.25, 0.3) is 6.08 Å². The summed E-state index contributed by atoms with van der Waals surface area (Å²) in [6.07, 6.45) is 4.81. The molecule has 1 aliphatic carbocycles. The summed E-state index contributed by atoms with van der Waals surface area (Å²) in [7, 11) is 1.82. The van der Waals surface area contributed by atoms with Gasteiger partial charge >= 0.3 is 0 Å². The Morgan fingerprint density at radius 1 is 1.67 bits per heavy atom. The summed E-state index contributed by atoms with van der Waals surface area (Å²) >= 11 is 0. The largest absolute Gasteiger partial charge is 0.394 e. The van der Waals surface area contributed by atoms with Crippen LogP contribution in [-0.2, 0) is 13.5 Å². The van der Waals surface area contributed by atoms with Crippen LogP contribution in [0.3, 0.4) is 0 Å². The van der Waals surface area contributed by atoms with Crippen molar-refractivity contribution in [3.05, 3.63) is 23.0 Å². The first-order valence-corrected chi connectivity index (χ1v) is 5.93. The standard InChI is InChI=1S/C12H17N3O3/c1-15-10-5-3-2-4-9(10)11(14-15)12(18)13-6-8(17)7-16/h2,4,8,16-17H,3,5-7H2,1H3,(H,13,18)/t8-/m0/s1. The number of amides is 1. The molecular formula is C12H17N3O3. The molecule has 1 atom stereocenters. The number of carbonyl (C=O) groups is 1. The molecule has 0 saturated heterocycles. The van der Waals surface area contributed by atoms with Crippen LogP contribution in [0.2, 0.25) is 0 Å². The van der Waals surface area contributed by atoms with E-state index in [1.807, 2.05) is 19.2 Å². The van der Waals surface area contributed by atoms with Gasteiger partial charge in [0.2, 0.25) is 0 Å². The number of hydrogen-bond donors (Lipinski definition) is 3. The fraction of sp³-hybridized carbons (Fsp3) is 0.500. The Bertz CT molecular complexity index is 479. The second-order valence-electron chi connectivity index (χ2n) is 4.32. The minimum absolute atomic E-state index is 0.0182. The molecule has 98 valence electrons. The lowest BCUT2D eigenvalue weighted by atomic mass is 10.0. The van der Waals surface area contributed by atoms with E-state index in [-0.39, 0.29) is 19.1 Å². The summed E-state index contributed by atoms with van der Waals surface area (Å²) in [6, 6.07) is 0. The Labute approximate surface area is 105 Å². The summed E-state index contributed by atoms with van der Waals surface area (Å²) in [6.45, 7) is -0.356. The molecule has 1 aromatic rings. The number of fused-ring (bicyclic) bond motifs is 1. The fourth-order valence-corrected chi connectivity index (χ4v) is 1.99. The molecule has 0 unspecified atom stereocenters.